The molecule has 2 fully saturated rings. The van der Waals surface area contributed by atoms with Crippen LogP contribution in [0.5, 0.6) is 0 Å². The molecule has 0 spiro atoms. The summed E-state index contributed by atoms with van der Waals surface area (Å²) in [5.74, 6) is 3.91. The van der Waals surface area contributed by atoms with Gasteiger partial charge < -0.3 is 4.90 Å². The van der Waals surface area contributed by atoms with E-state index in [0.29, 0.717) is 5.91 Å². The minimum absolute atomic E-state index is 0.382. The molecular weight excluding hydrogens is 422 g/mol. The van der Waals surface area contributed by atoms with E-state index in [4.69, 9.17) is 0 Å². The van der Waals surface area contributed by atoms with Gasteiger partial charge in [-0.25, -0.2) is 0 Å². The number of hydrogen-bond acceptors (Lipinski definition) is 2. The van der Waals surface area contributed by atoms with Crippen molar-refractivity contribution in [1.29, 1.82) is 0 Å². The van der Waals surface area contributed by atoms with Crippen LogP contribution in [-0.2, 0) is 17.8 Å². The van der Waals surface area contributed by atoms with Gasteiger partial charge in [0.2, 0.25) is 5.91 Å². The Balaban J connectivity index is 1.08. The normalized spacial score (nSPS) is 25.7. The number of amides is 1. The molecule has 0 aromatic heterocycles. The standard InChI is InChI=1S/C30H41NOS/c32-30(16-14-23-9-11-26(12-10-23)19-24-5-2-1-3-6-24)31-17-18-33-29-15-13-27(21-28(29)22-31)20-25-7-4-8-25/h2,5-6,13,15,21,23,25-26H,1,3-4,7-12,14,16-20,22H2. The topological polar surface area (TPSA) is 20.3 Å². The van der Waals surface area contributed by atoms with Crippen LogP contribution in [0, 0.1) is 17.8 Å². The average Bonchev–Trinajstić information content (AvgIpc) is 3.04. The molecule has 33 heavy (non-hydrogen) atoms. The zero-order valence-electron chi connectivity index (χ0n) is 20.3. The predicted molar refractivity (Wildman–Crippen MR) is 139 cm³/mol. The highest BCUT2D eigenvalue weighted by molar-refractivity contribution is 7.99. The molecule has 0 atom stereocenters. The summed E-state index contributed by atoms with van der Waals surface area (Å²) in [6.07, 6.45) is 23.4. The van der Waals surface area contributed by atoms with Crippen LogP contribution in [0.3, 0.4) is 0 Å². The highest BCUT2D eigenvalue weighted by Crippen LogP contribution is 2.36. The van der Waals surface area contributed by atoms with Crippen LogP contribution in [-0.4, -0.2) is 23.1 Å². The van der Waals surface area contributed by atoms with Crippen molar-refractivity contribution in [3.8, 4) is 0 Å². The Morgan fingerprint density at radius 3 is 2.55 bits per heavy atom. The summed E-state index contributed by atoms with van der Waals surface area (Å²) >= 11 is 1.94. The number of nitrogens with zero attached hydrogens (tertiary/aromatic N) is 1. The Hall–Kier alpha value is -1.48. The summed E-state index contributed by atoms with van der Waals surface area (Å²) in [7, 11) is 0. The smallest absolute Gasteiger partial charge is 0.222 e. The van der Waals surface area contributed by atoms with Gasteiger partial charge in [-0.1, -0.05) is 68.0 Å². The van der Waals surface area contributed by atoms with Crippen molar-refractivity contribution >= 4 is 17.7 Å². The second-order valence-electron chi connectivity index (χ2n) is 11.0. The first-order valence-electron chi connectivity index (χ1n) is 13.6. The molecule has 5 rings (SSSR count). The number of carbonyl (C=O) groups is 1. The van der Waals surface area contributed by atoms with Gasteiger partial charge in [0.1, 0.15) is 0 Å². The van der Waals surface area contributed by atoms with Crippen molar-refractivity contribution in [3.05, 3.63) is 53.1 Å². The third-order valence-electron chi connectivity index (χ3n) is 8.54. The van der Waals surface area contributed by atoms with Gasteiger partial charge in [-0.15, -0.1) is 11.8 Å². The first-order chi connectivity index (χ1) is 16.2. The van der Waals surface area contributed by atoms with Crippen molar-refractivity contribution in [1.82, 2.24) is 4.90 Å². The molecule has 0 saturated heterocycles. The monoisotopic (exact) mass is 463 g/mol. The second-order valence-corrected chi connectivity index (χ2v) is 12.1. The van der Waals surface area contributed by atoms with Crippen LogP contribution in [0.2, 0.25) is 0 Å². The van der Waals surface area contributed by atoms with E-state index < -0.39 is 0 Å². The minimum atomic E-state index is 0.382. The summed E-state index contributed by atoms with van der Waals surface area (Å²) in [5.41, 5.74) is 4.42. The number of allylic oxidation sites excluding steroid dienone is 4. The number of hydrogen-bond donors (Lipinski definition) is 0. The van der Waals surface area contributed by atoms with Gasteiger partial charge in [-0.2, -0.15) is 0 Å². The van der Waals surface area contributed by atoms with Crippen molar-refractivity contribution in [2.75, 3.05) is 12.3 Å². The molecule has 1 aromatic carbocycles. The molecule has 0 unspecified atom stereocenters. The summed E-state index contributed by atoms with van der Waals surface area (Å²) in [6.45, 7) is 1.71. The zero-order valence-corrected chi connectivity index (χ0v) is 21.1. The Morgan fingerprint density at radius 1 is 0.970 bits per heavy atom. The van der Waals surface area contributed by atoms with E-state index in [9.17, 15) is 4.79 Å². The Morgan fingerprint density at radius 2 is 1.79 bits per heavy atom. The lowest BCUT2D eigenvalue weighted by Gasteiger charge is -2.29. The van der Waals surface area contributed by atoms with Crippen LogP contribution in [0.25, 0.3) is 0 Å². The fourth-order valence-electron chi connectivity index (χ4n) is 6.18. The lowest BCUT2D eigenvalue weighted by atomic mass is 9.77. The summed E-state index contributed by atoms with van der Waals surface area (Å²) in [6, 6.07) is 7.06. The van der Waals surface area contributed by atoms with Crippen LogP contribution in [0.1, 0.15) is 88.2 Å². The lowest BCUT2D eigenvalue weighted by Crippen LogP contribution is -2.32. The maximum atomic E-state index is 13.2. The maximum absolute atomic E-state index is 13.2. The molecule has 1 aliphatic heterocycles. The minimum Gasteiger partial charge on any atom is -0.337 e. The first-order valence-corrected chi connectivity index (χ1v) is 14.6. The molecule has 2 saturated carbocycles. The molecule has 0 N–H and O–H groups in total. The predicted octanol–water partition coefficient (Wildman–Crippen LogP) is 7.72. The van der Waals surface area contributed by atoms with Crippen LogP contribution in [0.15, 0.2) is 46.9 Å². The molecule has 1 amide bonds. The van der Waals surface area contributed by atoms with E-state index in [1.807, 2.05) is 11.8 Å². The number of benzene rings is 1. The third-order valence-corrected chi connectivity index (χ3v) is 9.63. The fraction of sp³-hybridized carbons (Fsp3) is 0.633. The van der Waals surface area contributed by atoms with Gasteiger partial charge in [0.05, 0.1) is 0 Å². The van der Waals surface area contributed by atoms with Gasteiger partial charge >= 0.3 is 0 Å². The summed E-state index contributed by atoms with van der Waals surface area (Å²) in [4.78, 5) is 16.7. The molecule has 178 valence electrons. The van der Waals surface area contributed by atoms with E-state index in [1.54, 1.807) is 5.57 Å². The van der Waals surface area contributed by atoms with E-state index in [1.165, 1.54) is 86.7 Å². The lowest BCUT2D eigenvalue weighted by molar-refractivity contribution is -0.131. The van der Waals surface area contributed by atoms with Gasteiger partial charge in [-0.05, 0) is 79.9 Å². The largest absolute Gasteiger partial charge is 0.337 e. The van der Waals surface area contributed by atoms with Gasteiger partial charge in [-0.3, -0.25) is 4.79 Å². The SMILES string of the molecule is O=C(CCC1CCC(CC2=CCCC=C2)CC1)N1CCSc2ccc(CC3CCC3)cc2C1. The van der Waals surface area contributed by atoms with Crippen molar-refractivity contribution in [2.45, 2.75) is 94.9 Å². The maximum Gasteiger partial charge on any atom is 0.222 e. The Labute approximate surface area is 205 Å². The number of carbonyl (C=O) groups excluding carboxylic acids is 1. The van der Waals surface area contributed by atoms with E-state index in [-0.39, 0.29) is 0 Å². The zero-order chi connectivity index (χ0) is 22.5. The van der Waals surface area contributed by atoms with Crippen LogP contribution >= 0.6 is 11.8 Å². The highest BCUT2D eigenvalue weighted by atomic mass is 32.2. The molecule has 3 heteroatoms. The molecule has 0 radical (unpaired) electrons. The summed E-state index contributed by atoms with van der Waals surface area (Å²) < 4.78 is 0. The van der Waals surface area contributed by atoms with Crippen LogP contribution in [0.4, 0.5) is 0 Å². The molecule has 0 bridgehead atoms. The third kappa shape index (κ3) is 6.35. The van der Waals surface area contributed by atoms with Crippen molar-refractivity contribution < 1.29 is 4.79 Å². The second kappa shape index (κ2) is 11.3. The Kier molecular flexibility index (Phi) is 7.97. The molecule has 1 heterocycles. The molecule has 1 aromatic rings. The quantitative estimate of drug-likeness (QED) is 0.412. The van der Waals surface area contributed by atoms with E-state index in [0.717, 1.165) is 49.4 Å². The first kappa shape index (κ1) is 23.3. The fourth-order valence-corrected chi connectivity index (χ4v) is 7.18. The van der Waals surface area contributed by atoms with Crippen molar-refractivity contribution in [3.63, 3.8) is 0 Å². The van der Waals surface area contributed by atoms with Gasteiger partial charge in [0.25, 0.3) is 0 Å². The molecular formula is C30H41NOS. The Bertz CT molecular complexity index is 875. The van der Waals surface area contributed by atoms with Crippen LogP contribution < -0.4 is 0 Å². The van der Waals surface area contributed by atoms with Crippen molar-refractivity contribution in [2.24, 2.45) is 17.8 Å². The highest BCUT2D eigenvalue weighted by Gasteiger charge is 2.25. The molecule has 3 aliphatic carbocycles. The van der Waals surface area contributed by atoms with E-state index >= 15 is 0 Å². The summed E-state index contributed by atoms with van der Waals surface area (Å²) in [5, 5.41) is 0. The van der Waals surface area contributed by atoms with E-state index in [2.05, 4.69) is 41.3 Å². The molecule has 2 nitrogen and oxygen atoms in total. The number of fused-ring (bicyclic) bond motifs is 1. The molecule has 4 aliphatic rings. The average molecular weight is 464 g/mol. The van der Waals surface area contributed by atoms with Gasteiger partial charge in [0, 0.05) is 30.2 Å². The number of rotatable bonds is 7. The van der Waals surface area contributed by atoms with Gasteiger partial charge in [0.15, 0.2) is 0 Å². The number of thioether (sulfide) groups is 1.